The molecule has 4 amide bonds. The van der Waals surface area contributed by atoms with Gasteiger partial charge in [-0.3, -0.25) is 29.0 Å². The largest absolute Gasteiger partial charge is 0.282 e. The van der Waals surface area contributed by atoms with Gasteiger partial charge in [0.2, 0.25) is 23.6 Å². The molecule has 2 saturated carbocycles. The van der Waals surface area contributed by atoms with Gasteiger partial charge in [0.25, 0.3) is 0 Å². The van der Waals surface area contributed by atoms with E-state index in [1.807, 2.05) is 37.3 Å². The summed E-state index contributed by atoms with van der Waals surface area (Å²) in [6, 6.07) is 7.89. The fourth-order valence-electron chi connectivity index (χ4n) is 9.37. The second-order valence-electron chi connectivity index (χ2n) is 13.8. The Morgan fingerprint density at radius 2 is 1.76 bits per heavy atom. The van der Waals surface area contributed by atoms with Crippen molar-refractivity contribution in [2.24, 2.45) is 52.8 Å². The zero-order valence-corrected chi connectivity index (χ0v) is 24.6. The monoisotopic (exact) mass is 564 g/mol. The lowest BCUT2D eigenvalue weighted by molar-refractivity contribution is -0.143. The van der Waals surface area contributed by atoms with E-state index >= 15 is 0 Å². The van der Waals surface area contributed by atoms with Crippen molar-refractivity contribution in [3.8, 4) is 0 Å². The normalized spacial score (nSPS) is 36.2. The molecular formula is C36H40N2O4. The van der Waals surface area contributed by atoms with E-state index in [4.69, 9.17) is 0 Å². The minimum Gasteiger partial charge on any atom is -0.282 e. The zero-order chi connectivity index (χ0) is 29.5. The fraction of sp³-hybridized carbons (Fsp3) is 0.500. The third kappa shape index (κ3) is 3.90. The predicted molar refractivity (Wildman–Crippen MR) is 159 cm³/mol. The molecule has 0 radical (unpaired) electrons. The summed E-state index contributed by atoms with van der Waals surface area (Å²) in [6.45, 7) is 12.7. The number of fused-ring (bicyclic) bond motifs is 10. The lowest BCUT2D eigenvalue weighted by Gasteiger charge is -2.30. The first-order valence-corrected chi connectivity index (χ1v) is 15.6. The highest BCUT2D eigenvalue weighted by Gasteiger charge is 2.65. The quantitative estimate of drug-likeness (QED) is 0.287. The van der Waals surface area contributed by atoms with Gasteiger partial charge in [0, 0.05) is 12.0 Å². The van der Waals surface area contributed by atoms with Gasteiger partial charge in [0.15, 0.2) is 0 Å². The van der Waals surface area contributed by atoms with Gasteiger partial charge in [-0.2, -0.15) is 0 Å². The van der Waals surface area contributed by atoms with Crippen molar-refractivity contribution in [3.63, 3.8) is 0 Å². The lowest BCUT2D eigenvalue weighted by atomic mass is 9.71. The first kappa shape index (κ1) is 27.3. The molecule has 218 valence electrons. The maximum Gasteiger partial charge on any atom is 0.234 e. The molecule has 9 atom stereocenters. The smallest absolute Gasteiger partial charge is 0.234 e. The molecule has 42 heavy (non-hydrogen) atoms. The first-order valence-electron chi connectivity index (χ1n) is 15.6. The van der Waals surface area contributed by atoms with Crippen LogP contribution in [0.4, 0.5) is 0 Å². The lowest BCUT2D eigenvalue weighted by Crippen LogP contribution is -2.35. The molecule has 0 aromatic heterocycles. The van der Waals surface area contributed by atoms with E-state index in [0.29, 0.717) is 13.0 Å². The molecule has 0 N–H and O–H groups in total. The van der Waals surface area contributed by atoms with Gasteiger partial charge in [0.05, 0.1) is 30.2 Å². The third-order valence-corrected chi connectivity index (χ3v) is 11.4. The van der Waals surface area contributed by atoms with Gasteiger partial charge < -0.3 is 0 Å². The van der Waals surface area contributed by atoms with Crippen LogP contribution in [0.25, 0.3) is 0 Å². The molecule has 6 nitrogen and oxygen atoms in total. The van der Waals surface area contributed by atoms with Crippen LogP contribution in [0, 0.1) is 52.8 Å². The summed E-state index contributed by atoms with van der Waals surface area (Å²) in [7, 11) is 0. The van der Waals surface area contributed by atoms with Crippen LogP contribution in [0.2, 0.25) is 0 Å². The Morgan fingerprint density at radius 3 is 2.52 bits per heavy atom. The van der Waals surface area contributed by atoms with Crippen LogP contribution in [0.15, 0.2) is 72.9 Å². The van der Waals surface area contributed by atoms with Crippen molar-refractivity contribution in [3.05, 3.63) is 84.0 Å². The summed E-state index contributed by atoms with van der Waals surface area (Å²) in [4.78, 5) is 57.0. The summed E-state index contributed by atoms with van der Waals surface area (Å²) < 4.78 is 0. The van der Waals surface area contributed by atoms with Crippen LogP contribution >= 0.6 is 0 Å². The van der Waals surface area contributed by atoms with Gasteiger partial charge in [0.1, 0.15) is 0 Å². The van der Waals surface area contributed by atoms with E-state index in [1.54, 1.807) is 0 Å². The molecule has 1 aromatic rings. The summed E-state index contributed by atoms with van der Waals surface area (Å²) in [5, 5.41) is 0. The molecule has 1 aromatic carbocycles. The van der Waals surface area contributed by atoms with Gasteiger partial charge in [-0.15, -0.1) is 13.2 Å². The first-order chi connectivity index (χ1) is 20.1. The third-order valence-electron chi connectivity index (χ3n) is 11.4. The van der Waals surface area contributed by atoms with E-state index in [1.165, 1.54) is 15.4 Å². The Hall–Kier alpha value is -3.54. The van der Waals surface area contributed by atoms with Crippen LogP contribution in [-0.2, 0) is 32.1 Å². The maximum absolute atomic E-state index is 13.7. The van der Waals surface area contributed by atoms with Crippen LogP contribution in [0.5, 0.6) is 0 Å². The molecule has 4 bridgehead atoms. The number of benzene rings is 1. The van der Waals surface area contributed by atoms with E-state index in [0.717, 1.165) is 42.4 Å². The number of likely N-dealkylation sites (tertiary alicyclic amines) is 2. The maximum atomic E-state index is 13.7. The predicted octanol–water partition coefficient (Wildman–Crippen LogP) is 5.26. The van der Waals surface area contributed by atoms with Gasteiger partial charge in [-0.25, -0.2) is 0 Å². The number of amides is 4. The van der Waals surface area contributed by atoms with Crippen molar-refractivity contribution in [1.29, 1.82) is 0 Å². The number of allylic oxidation sites excluding steroid dienone is 6. The number of hydrogen-bond donors (Lipinski definition) is 0. The molecule has 6 aliphatic rings. The van der Waals surface area contributed by atoms with Gasteiger partial charge >= 0.3 is 0 Å². The average molecular weight is 565 g/mol. The molecule has 2 aliphatic heterocycles. The Labute approximate surface area is 248 Å². The summed E-state index contributed by atoms with van der Waals surface area (Å²) >= 11 is 0. The van der Waals surface area contributed by atoms with Crippen molar-refractivity contribution in [2.45, 2.75) is 52.5 Å². The Balaban J connectivity index is 1.02. The minimum atomic E-state index is -0.269. The summed E-state index contributed by atoms with van der Waals surface area (Å²) in [6.07, 6.45) is 12.6. The number of nitrogens with zero attached hydrogens (tertiary/aromatic N) is 2. The SMILES string of the molecule is C=CC(C)C1=CC2CC1C1C(=O)N(CCc3cccc(CN4C(=O)C5C6C=CC(CCC(=C)C)(C6)C5C4=O)c3)C(=O)C21. The van der Waals surface area contributed by atoms with Crippen molar-refractivity contribution in [1.82, 2.24) is 9.80 Å². The van der Waals surface area contributed by atoms with E-state index in [-0.39, 0.29) is 82.9 Å². The van der Waals surface area contributed by atoms with Gasteiger partial charge in [-0.05, 0) is 73.8 Å². The van der Waals surface area contributed by atoms with Crippen molar-refractivity contribution in [2.75, 3.05) is 6.54 Å². The Kier molecular flexibility index (Phi) is 6.34. The van der Waals surface area contributed by atoms with Crippen LogP contribution < -0.4 is 0 Å². The second kappa shape index (κ2) is 9.75. The van der Waals surface area contributed by atoms with Crippen LogP contribution in [0.1, 0.15) is 50.7 Å². The van der Waals surface area contributed by atoms with E-state index in [9.17, 15) is 19.2 Å². The van der Waals surface area contributed by atoms with Crippen molar-refractivity contribution < 1.29 is 19.2 Å². The number of imide groups is 2. The van der Waals surface area contributed by atoms with Crippen LogP contribution in [0.3, 0.4) is 0 Å². The average Bonchev–Trinajstić information content (AvgIpc) is 3.81. The molecule has 0 spiro atoms. The molecule has 4 aliphatic carbocycles. The number of rotatable bonds is 10. The highest BCUT2D eigenvalue weighted by atomic mass is 16.2. The molecule has 6 heteroatoms. The molecule has 2 saturated heterocycles. The zero-order valence-electron chi connectivity index (χ0n) is 24.6. The number of carbonyl (C=O) groups excluding carboxylic acids is 4. The summed E-state index contributed by atoms with van der Waals surface area (Å²) in [5.41, 5.74) is 4.03. The number of carbonyl (C=O) groups is 4. The standard InChI is InChI=1S/C36H40N2O4/c1-5-21(4)26-16-25-17-27(26)30-28(25)32(39)37(34(30)41)14-11-22-7-6-8-23(15-22)19-38-33(40)29-24-10-13-36(18-24,12-9-20(2)3)31(29)35(38)42/h5-8,10,13,15-16,21,24-25,27-31H,1-2,9,11-12,14,17-19H2,3-4H3. The molecular weight excluding hydrogens is 524 g/mol. The molecule has 7 rings (SSSR count). The minimum absolute atomic E-state index is 0.0286. The van der Waals surface area contributed by atoms with E-state index < -0.39 is 0 Å². The second-order valence-corrected chi connectivity index (χ2v) is 13.8. The molecule has 4 fully saturated rings. The highest BCUT2D eigenvalue weighted by Crippen LogP contribution is 2.62. The fourth-order valence-corrected chi connectivity index (χ4v) is 9.37. The topological polar surface area (TPSA) is 74.8 Å². The van der Waals surface area contributed by atoms with Crippen LogP contribution in [-0.4, -0.2) is 40.0 Å². The summed E-state index contributed by atoms with van der Waals surface area (Å²) in [5.74, 6) is -0.439. The Morgan fingerprint density at radius 1 is 1.02 bits per heavy atom. The number of hydrogen-bond acceptors (Lipinski definition) is 4. The Bertz CT molecular complexity index is 1490. The van der Waals surface area contributed by atoms with Gasteiger partial charge in [-0.1, -0.05) is 66.6 Å². The molecule has 2 heterocycles. The molecule has 9 unspecified atom stereocenters. The highest BCUT2D eigenvalue weighted by molar-refractivity contribution is 6.07. The van der Waals surface area contributed by atoms with E-state index in [2.05, 4.69) is 38.3 Å². The van der Waals surface area contributed by atoms with Crippen molar-refractivity contribution >= 4 is 23.6 Å².